The fraction of sp³-hybridized carbons (Fsp3) is 0.0714. The SMILES string of the molecule is Cc1cc(O)cc(Oc2cccc(Br)c2C(N)=O)c1. The first-order chi connectivity index (χ1) is 8.97. The molecule has 3 N–H and O–H groups in total. The molecule has 0 aliphatic rings. The molecule has 0 radical (unpaired) electrons. The molecule has 0 bridgehead atoms. The Kier molecular flexibility index (Phi) is 3.76. The average molecular weight is 322 g/mol. The van der Waals surface area contributed by atoms with Crippen LogP contribution in [0.2, 0.25) is 0 Å². The van der Waals surface area contributed by atoms with Crippen LogP contribution in [0.25, 0.3) is 0 Å². The number of primary amides is 1. The van der Waals surface area contributed by atoms with E-state index >= 15 is 0 Å². The molecule has 0 saturated carbocycles. The summed E-state index contributed by atoms with van der Waals surface area (Å²) in [6.45, 7) is 1.84. The van der Waals surface area contributed by atoms with Crippen molar-refractivity contribution in [3.05, 3.63) is 52.0 Å². The molecule has 0 atom stereocenters. The molecule has 0 spiro atoms. The fourth-order valence-corrected chi connectivity index (χ4v) is 2.29. The molecular formula is C14H12BrNO3. The maximum atomic E-state index is 11.4. The van der Waals surface area contributed by atoms with Gasteiger partial charge in [0.2, 0.25) is 0 Å². The van der Waals surface area contributed by atoms with E-state index in [1.807, 2.05) is 6.92 Å². The van der Waals surface area contributed by atoms with Gasteiger partial charge in [-0.15, -0.1) is 0 Å². The molecule has 0 unspecified atom stereocenters. The van der Waals surface area contributed by atoms with Crippen LogP contribution in [-0.4, -0.2) is 11.0 Å². The van der Waals surface area contributed by atoms with Gasteiger partial charge in [-0.2, -0.15) is 0 Å². The standard InChI is InChI=1S/C14H12BrNO3/c1-8-5-9(17)7-10(6-8)19-12-4-2-3-11(15)13(12)14(16)18/h2-7,17H,1H3,(H2,16,18). The summed E-state index contributed by atoms with van der Waals surface area (Å²) in [5, 5.41) is 9.52. The van der Waals surface area contributed by atoms with Crippen LogP contribution in [0.1, 0.15) is 15.9 Å². The largest absolute Gasteiger partial charge is 0.508 e. The third kappa shape index (κ3) is 3.06. The molecule has 2 aromatic carbocycles. The minimum Gasteiger partial charge on any atom is -0.508 e. The molecule has 0 aromatic heterocycles. The number of phenolic OH excluding ortho intramolecular Hbond substituents is 1. The quantitative estimate of drug-likeness (QED) is 0.910. The number of benzene rings is 2. The number of aromatic hydroxyl groups is 1. The number of rotatable bonds is 3. The van der Waals surface area contributed by atoms with Crippen molar-refractivity contribution < 1.29 is 14.6 Å². The van der Waals surface area contributed by atoms with Crippen LogP contribution in [0.15, 0.2) is 40.9 Å². The van der Waals surface area contributed by atoms with Crippen molar-refractivity contribution in [1.82, 2.24) is 0 Å². The van der Waals surface area contributed by atoms with Gasteiger partial charge in [0.25, 0.3) is 5.91 Å². The van der Waals surface area contributed by atoms with E-state index in [0.29, 0.717) is 16.0 Å². The lowest BCUT2D eigenvalue weighted by molar-refractivity contribution is 0.0997. The van der Waals surface area contributed by atoms with E-state index in [1.54, 1.807) is 30.3 Å². The van der Waals surface area contributed by atoms with Gasteiger partial charge in [0.1, 0.15) is 17.2 Å². The molecule has 0 saturated heterocycles. The molecule has 5 heteroatoms. The van der Waals surface area contributed by atoms with Gasteiger partial charge in [0.15, 0.2) is 0 Å². The van der Waals surface area contributed by atoms with Crippen LogP contribution in [0.3, 0.4) is 0 Å². The van der Waals surface area contributed by atoms with Crippen molar-refractivity contribution in [3.63, 3.8) is 0 Å². The summed E-state index contributed by atoms with van der Waals surface area (Å²) in [6, 6.07) is 9.93. The van der Waals surface area contributed by atoms with Crippen LogP contribution < -0.4 is 10.5 Å². The van der Waals surface area contributed by atoms with E-state index in [4.69, 9.17) is 10.5 Å². The number of amides is 1. The van der Waals surface area contributed by atoms with E-state index in [9.17, 15) is 9.90 Å². The highest BCUT2D eigenvalue weighted by Crippen LogP contribution is 2.32. The number of nitrogens with two attached hydrogens (primary N) is 1. The number of hydrogen-bond acceptors (Lipinski definition) is 3. The molecule has 19 heavy (non-hydrogen) atoms. The van der Waals surface area contributed by atoms with E-state index in [0.717, 1.165) is 5.56 Å². The van der Waals surface area contributed by atoms with Crippen molar-refractivity contribution in [1.29, 1.82) is 0 Å². The van der Waals surface area contributed by atoms with Gasteiger partial charge in [-0.3, -0.25) is 4.79 Å². The molecule has 1 amide bonds. The number of halogens is 1. The fourth-order valence-electron chi connectivity index (χ4n) is 1.74. The molecule has 98 valence electrons. The molecular weight excluding hydrogens is 310 g/mol. The topological polar surface area (TPSA) is 72.6 Å². The first kappa shape index (κ1) is 13.4. The smallest absolute Gasteiger partial charge is 0.253 e. The first-order valence-corrected chi connectivity index (χ1v) is 6.33. The highest BCUT2D eigenvalue weighted by molar-refractivity contribution is 9.10. The Hall–Kier alpha value is -2.01. The lowest BCUT2D eigenvalue weighted by atomic mass is 10.2. The van der Waals surface area contributed by atoms with Gasteiger partial charge in [0, 0.05) is 10.5 Å². The second-order valence-electron chi connectivity index (χ2n) is 4.08. The van der Waals surface area contributed by atoms with Crippen LogP contribution in [0.4, 0.5) is 0 Å². The maximum Gasteiger partial charge on any atom is 0.253 e. The van der Waals surface area contributed by atoms with Gasteiger partial charge in [-0.25, -0.2) is 0 Å². The van der Waals surface area contributed by atoms with Crippen molar-refractivity contribution in [2.75, 3.05) is 0 Å². The molecule has 4 nitrogen and oxygen atoms in total. The predicted molar refractivity (Wildman–Crippen MR) is 75.6 cm³/mol. The maximum absolute atomic E-state index is 11.4. The van der Waals surface area contributed by atoms with E-state index in [2.05, 4.69) is 15.9 Å². The Morgan fingerprint density at radius 3 is 2.68 bits per heavy atom. The Morgan fingerprint density at radius 2 is 2.05 bits per heavy atom. The van der Waals surface area contributed by atoms with E-state index < -0.39 is 5.91 Å². The molecule has 0 heterocycles. The van der Waals surface area contributed by atoms with Crippen LogP contribution in [0, 0.1) is 6.92 Å². The lowest BCUT2D eigenvalue weighted by Gasteiger charge is -2.11. The van der Waals surface area contributed by atoms with Crippen molar-refractivity contribution in [2.24, 2.45) is 5.73 Å². The number of hydrogen-bond donors (Lipinski definition) is 2. The third-order valence-corrected chi connectivity index (χ3v) is 3.15. The summed E-state index contributed by atoms with van der Waals surface area (Å²) < 4.78 is 6.19. The van der Waals surface area contributed by atoms with Crippen molar-refractivity contribution in [2.45, 2.75) is 6.92 Å². The van der Waals surface area contributed by atoms with Gasteiger partial charge in [0.05, 0.1) is 5.56 Å². The Morgan fingerprint density at radius 1 is 1.32 bits per heavy atom. The van der Waals surface area contributed by atoms with Crippen molar-refractivity contribution in [3.8, 4) is 17.2 Å². The van der Waals surface area contributed by atoms with Gasteiger partial charge < -0.3 is 15.6 Å². The Bertz CT molecular complexity index is 620. The van der Waals surface area contributed by atoms with E-state index in [-0.39, 0.29) is 11.3 Å². The monoisotopic (exact) mass is 321 g/mol. The molecule has 2 rings (SSSR count). The summed E-state index contributed by atoms with van der Waals surface area (Å²) >= 11 is 3.26. The normalized spacial score (nSPS) is 10.2. The zero-order valence-electron chi connectivity index (χ0n) is 10.2. The third-order valence-electron chi connectivity index (χ3n) is 2.49. The van der Waals surface area contributed by atoms with Gasteiger partial charge in [-0.1, -0.05) is 6.07 Å². The molecule has 0 aliphatic carbocycles. The zero-order chi connectivity index (χ0) is 14.0. The van der Waals surface area contributed by atoms with Gasteiger partial charge in [-0.05, 0) is 52.7 Å². The summed E-state index contributed by atoms with van der Waals surface area (Å²) in [5.74, 6) is 0.301. The molecule has 0 aliphatic heterocycles. The Balaban J connectivity index is 2.43. The zero-order valence-corrected chi connectivity index (χ0v) is 11.8. The highest BCUT2D eigenvalue weighted by atomic mass is 79.9. The summed E-state index contributed by atoms with van der Waals surface area (Å²) in [7, 11) is 0. The second kappa shape index (κ2) is 5.32. The van der Waals surface area contributed by atoms with Gasteiger partial charge >= 0.3 is 0 Å². The highest BCUT2D eigenvalue weighted by Gasteiger charge is 2.14. The summed E-state index contributed by atoms with van der Waals surface area (Å²) in [5.41, 5.74) is 6.45. The lowest BCUT2D eigenvalue weighted by Crippen LogP contribution is -2.13. The van der Waals surface area contributed by atoms with Crippen LogP contribution in [-0.2, 0) is 0 Å². The van der Waals surface area contributed by atoms with Crippen molar-refractivity contribution >= 4 is 21.8 Å². The predicted octanol–water partition coefficient (Wildman–Crippen LogP) is 3.35. The average Bonchev–Trinajstić information content (AvgIpc) is 2.26. The van der Waals surface area contributed by atoms with Crippen LogP contribution in [0.5, 0.6) is 17.2 Å². The Labute approximate surface area is 118 Å². The molecule has 0 fully saturated rings. The number of carbonyl (C=O) groups excluding carboxylic acids is 1. The first-order valence-electron chi connectivity index (χ1n) is 5.54. The number of aryl methyl sites for hydroxylation is 1. The van der Waals surface area contributed by atoms with Crippen LogP contribution >= 0.6 is 15.9 Å². The number of ether oxygens (including phenoxy) is 1. The second-order valence-corrected chi connectivity index (χ2v) is 4.94. The molecule has 2 aromatic rings. The number of phenols is 1. The minimum absolute atomic E-state index is 0.102. The number of carbonyl (C=O) groups is 1. The summed E-state index contributed by atoms with van der Waals surface area (Å²) in [4.78, 5) is 11.4. The minimum atomic E-state index is -0.584. The summed E-state index contributed by atoms with van der Waals surface area (Å²) in [6.07, 6.45) is 0. The van der Waals surface area contributed by atoms with E-state index in [1.165, 1.54) is 6.07 Å².